The number of halogens is 1. The van der Waals surface area contributed by atoms with Crippen molar-refractivity contribution in [3.63, 3.8) is 0 Å². The van der Waals surface area contributed by atoms with Gasteiger partial charge in [-0.15, -0.1) is 0 Å². The Labute approximate surface area is 130 Å². The number of likely N-dealkylation sites (tertiary alicyclic amines) is 1. The van der Waals surface area contributed by atoms with Crippen LogP contribution in [0.2, 0.25) is 5.02 Å². The number of hydrogen-bond acceptors (Lipinski definition) is 4. The third-order valence-electron chi connectivity index (χ3n) is 4.13. The van der Waals surface area contributed by atoms with Gasteiger partial charge in [-0.3, -0.25) is 15.0 Å². The molecule has 6 heteroatoms. The van der Waals surface area contributed by atoms with Crippen molar-refractivity contribution < 1.29 is 4.92 Å². The molecule has 0 saturated carbocycles. The molecule has 116 valence electrons. The van der Waals surface area contributed by atoms with Crippen LogP contribution in [-0.2, 0) is 6.54 Å². The topological polar surface area (TPSA) is 58.4 Å². The molecule has 1 fully saturated rings. The van der Waals surface area contributed by atoms with E-state index >= 15 is 0 Å². The molecular formula is C15H22ClN3O2. The monoisotopic (exact) mass is 311 g/mol. The van der Waals surface area contributed by atoms with E-state index in [1.807, 2.05) is 7.05 Å². The van der Waals surface area contributed by atoms with Gasteiger partial charge >= 0.3 is 0 Å². The summed E-state index contributed by atoms with van der Waals surface area (Å²) in [6.45, 7) is 2.51. The Morgan fingerprint density at radius 1 is 1.48 bits per heavy atom. The summed E-state index contributed by atoms with van der Waals surface area (Å²) in [6.07, 6.45) is 4.60. The van der Waals surface area contributed by atoms with E-state index in [0.717, 1.165) is 32.4 Å². The molecule has 1 aromatic rings. The van der Waals surface area contributed by atoms with Crippen LogP contribution in [0.4, 0.5) is 5.69 Å². The Balaban J connectivity index is 2.17. The second kappa shape index (κ2) is 7.73. The van der Waals surface area contributed by atoms with Crippen LogP contribution in [0, 0.1) is 10.1 Å². The van der Waals surface area contributed by atoms with E-state index in [4.69, 9.17) is 11.6 Å². The van der Waals surface area contributed by atoms with E-state index in [-0.39, 0.29) is 10.6 Å². The fourth-order valence-corrected chi connectivity index (χ4v) is 3.21. The molecule has 0 amide bonds. The van der Waals surface area contributed by atoms with Crippen molar-refractivity contribution in [1.82, 2.24) is 10.2 Å². The van der Waals surface area contributed by atoms with Crippen LogP contribution in [0.5, 0.6) is 0 Å². The third kappa shape index (κ3) is 4.15. The molecular weight excluding hydrogens is 290 g/mol. The zero-order valence-electron chi connectivity index (χ0n) is 12.3. The maximum atomic E-state index is 11.2. The van der Waals surface area contributed by atoms with Crippen LogP contribution < -0.4 is 5.32 Å². The summed E-state index contributed by atoms with van der Waals surface area (Å²) in [5.41, 5.74) is 0.765. The molecule has 0 aliphatic carbocycles. The van der Waals surface area contributed by atoms with Gasteiger partial charge in [0.2, 0.25) is 0 Å². The molecule has 1 N–H and O–H groups in total. The molecule has 1 saturated heterocycles. The molecule has 0 radical (unpaired) electrons. The summed E-state index contributed by atoms with van der Waals surface area (Å²) in [5.74, 6) is 0. The van der Waals surface area contributed by atoms with Gasteiger partial charge in [-0.05, 0) is 45.5 Å². The van der Waals surface area contributed by atoms with Crippen LogP contribution in [0.15, 0.2) is 18.2 Å². The molecule has 0 spiro atoms. The molecule has 21 heavy (non-hydrogen) atoms. The predicted octanol–water partition coefficient (Wildman–Crippen LogP) is 3.21. The van der Waals surface area contributed by atoms with Gasteiger partial charge in [0.25, 0.3) is 5.69 Å². The van der Waals surface area contributed by atoms with Crippen LogP contribution in [0.25, 0.3) is 0 Å². The van der Waals surface area contributed by atoms with Crippen molar-refractivity contribution in [2.24, 2.45) is 0 Å². The Kier molecular flexibility index (Phi) is 5.96. The first-order chi connectivity index (χ1) is 10.1. The summed E-state index contributed by atoms with van der Waals surface area (Å²) in [4.78, 5) is 13.2. The second-order valence-electron chi connectivity index (χ2n) is 5.51. The average Bonchev–Trinajstić information content (AvgIpc) is 2.48. The molecule has 2 rings (SSSR count). The zero-order valence-corrected chi connectivity index (χ0v) is 13.1. The Hall–Kier alpha value is -1.17. The Morgan fingerprint density at radius 2 is 2.29 bits per heavy atom. The predicted molar refractivity (Wildman–Crippen MR) is 84.7 cm³/mol. The number of nitrogens with zero attached hydrogens (tertiary/aromatic N) is 2. The van der Waals surface area contributed by atoms with Gasteiger partial charge in [-0.1, -0.05) is 24.1 Å². The lowest BCUT2D eigenvalue weighted by molar-refractivity contribution is -0.385. The minimum absolute atomic E-state index is 0.125. The van der Waals surface area contributed by atoms with Crippen LogP contribution >= 0.6 is 11.6 Å². The molecule has 1 heterocycles. The van der Waals surface area contributed by atoms with Crippen LogP contribution in [0.1, 0.15) is 31.2 Å². The highest BCUT2D eigenvalue weighted by Gasteiger charge is 2.26. The van der Waals surface area contributed by atoms with Crippen molar-refractivity contribution in [2.75, 3.05) is 20.1 Å². The fourth-order valence-electron chi connectivity index (χ4n) is 2.98. The van der Waals surface area contributed by atoms with E-state index in [1.54, 1.807) is 12.1 Å². The van der Waals surface area contributed by atoms with Gasteiger partial charge in [0.1, 0.15) is 0 Å². The SMILES string of the molecule is CNCCC1CCCCN1Cc1c(Cl)cccc1[N+](=O)[O-]. The number of nitrogens with one attached hydrogen (secondary N) is 1. The van der Waals surface area contributed by atoms with E-state index < -0.39 is 0 Å². The number of benzene rings is 1. The van der Waals surface area contributed by atoms with Crippen molar-refractivity contribution >= 4 is 17.3 Å². The standard InChI is InChI=1S/C15H22ClN3O2/c1-17-9-8-12-5-2-3-10-18(12)11-13-14(16)6-4-7-15(13)19(20)21/h4,6-7,12,17H,2-3,5,8-11H2,1H3. The molecule has 0 bridgehead atoms. The lowest BCUT2D eigenvalue weighted by atomic mass is 9.98. The number of piperidine rings is 1. The van der Waals surface area contributed by atoms with Crippen molar-refractivity contribution in [3.05, 3.63) is 38.9 Å². The molecule has 0 aromatic heterocycles. The number of rotatable bonds is 6. The number of nitro groups is 1. The maximum absolute atomic E-state index is 11.2. The maximum Gasteiger partial charge on any atom is 0.275 e. The van der Waals surface area contributed by atoms with E-state index in [2.05, 4.69) is 10.2 Å². The minimum atomic E-state index is -0.340. The smallest absolute Gasteiger partial charge is 0.275 e. The summed E-state index contributed by atoms with van der Waals surface area (Å²) >= 11 is 6.20. The summed E-state index contributed by atoms with van der Waals surface area (Å²) < 4.78 is 0. The first-order valence-electron chi connectivity index (χ1n) is 7.44. The number of nitro benzene ring substituents is 1. The van der Waals surface area contributed by atoms with Crippen LogP contribution in [0.3, 0.4) is 0 Å². The number of hydrogen-bond donors (Lipinski definition) is 1. The average molecular weight is 312 g/mol. The third-order valence-corrected chi connectivity index (χ3v) is 4.48. The second-order valence-corrected chi connectivity index (χ2v) is 5.91. The lowest BCUT2D eigenvalue weighted by Gasteiger charge is -2.36. The lowest BCUT2D eigenvalue weighted by Crippen LogP contribution is -2.40. The Morgan fingerprint density at radius 3 is 3.00 bits per heavy atom. The van der Waals surface area contributed by atoms with E-state index in [1.165, 1.54) is 12.5 Å². The highest BCUT2D eigenvalue weighted by Crippen LogP contribution is 2.30. The van der Waals surface area contributed by atoms with Crippen molar-refractivity contribution in [1.29, 1.82) is 0 Å². The van der Waals surface area contributed by atoms with Gasteiger partial charge in [-0.25, -0.2) is 0 Å². The summed E-state index contributed by atoms with van der Waals surface area (Å²) in [5, 5.41) is 14.9. The van der Waals surface area contributed by atoms with Crippen LogP contribution in [-0.4, -0.2) is 36.0 Å². The van der Waals surface area contributed by atoms with Gasteiger partial charge in [0.05, 0.1) is 15.5 Å². The van der Waals surface area contributed by atoms with E-state index in [9.17, 15) is 10.1 Å². The Bertz CT molecular complexity index is 496. The summed E-state index contributed by atoms with van der Waals surface area (Å²) in [6, 6.07) is 5.38. The quantitative estimate of drug-likeness (QED) is 0.647. The molecule has 1 aromatic carbocycles. The highest BCUT2D eigenvalue weighted by molar-refractivity contribution is 6.31. The fraction of sp³-hybridized carbons (Fsp3) is 0.600. The summed E-state index contributed by atoms with van der Waals surface area (Å²) in [7, 11) is 1.95. The van der Waals surface area contributed by atoms with E-state index in [0.29, 0.717) is 23.2 Å². The van der Waals surface area contributed by atoms with Gasteiger partial charge in [0, 0.05) is 18.7 Å². The minimum Gasteiger partial charge on any atom is -0.320 e. The molecule has 1 unspecified atom stereocenters. The first kappa shape index (κ1) is 16.2. The molecule has 1 aliphatic heterocycles. The first-order valence-corrected chi connectivity index (χ1v) is 7.81. The van der Waals surface area contributed by atoms with Crippen molar-refractivity contribution in [2.45, 2.75) is 38.3 Å². The van der Waals surface area contributed by atoms with Gasteiger partial charge in [0.15, 0.2) is 0 Å². The largest absolute Gasteiger partial charge is 0.320 e. The zero-order chi connectivity index (χ0) is 15.2. The van der Waals surface area contributed by atoms with Crippen molar-refractivity contribution in [3.8, 4) is 0 Å². The molecule has 5 nitrogen and oxygen atoms in total. The van der Waals surface area contributed by atoms with Gasteiger partial charge in [-0.2, -0.15) is 0 Å². The normalized spacial score (nSPS) is 19.6. The highest BCUT2D eigenvalue weighted by atomic mass is 35.5. The molecule has 1 atom stereocenters. The molecule has 1 aliphatic rings. The van der Waals surface area contributed by atoms with Gasteiger partial charge < -0.3 is 5.32 Å².